The van der Waals surface area contributed by atoms with Crippen molar-refractivity contribution in [2.75, 3.05) is 23.7 Å². The molecular formula is C19H22N8O2. The molecular weight excluding hydrogens is 372 g/mol. The lowest BCUT2D eigenvalue weighted by atomic mass is 10.3. The molecule has 3 aromatic heterocycles. The maximum absolute atomic E-state index is 12.1. The average molecular weight is 394 g/mol. The van der Waals surface area contributed by atoms with Gasteiger partial charge in [0.1, 0.15) is 12.4 Å². The second-order valence-electron chi connectivity index (χ2n) is 6.34. The number of pyridine rings is 1. The van der Waals surface area contributed by atoms with Crippen LogP contribution in [0.5, 0.6) is 0 Å². The van der Waals surface area contributed by atoms with Gasteiger partial charge in [0.2, 0.25) is 5.91 Å². The summed E-state index contributed by atoms with van der Waals surface area (Å²) in [4.78, 5) is 32.2. The number of amides is 1. The molecule has 3 rings (SSSR count). The summed E-state index contributed by atoms with van der Waals surface area (Å²) in [5.41, 5.74) is 1.82. The largest absolute Gasteiger partial charge is 0.367 e. The summed E-state index contributed by atoms with van der Waals surface area (Å²) in [6.07, 6.45) is 4.78. The van der Waals surface area contributed by atoms with Gasteiger partial charge in [0.25, 0.3) is 5.56 Å². The average Bonchev–Trinajstić information content (AvgIpc) is 2.73. The summed E-state index contributed by atoms with van der Waals surface area (Å²) >= 11 is 0. The zero-order valence-corrected chi connectivity index (χ0v) is 16.2. The molecule has 0 aliphatic heterocycles. The monoisotopic (exact) mass is 394 g/mol. The van der Waals surface area contributed by atoms with Crippen LogP contribution in [-0.4, -0.2) is 43.7 Å². The van der Waals surface area contributed by atoms with Crippen LogP contribution in [0.25, 0.3) is 0 Å². The van der Waals surface area contributed by atoms with E-state index in [0.29, 0.717) is 36.0 Å². The quantitative estimate of drug-likeness (QED) is 0.483. The van der Waals surface area contributed by atoms with Crippen LogP contribution in [0.2, 0.25) is 0 Å². The van der Waals surface area contributed by atoms with Crippen molar-refractivity contribution < 1.29 is 4.79 Å². The van der Waals surface area contributed by atoms with Crippen LogP contribution in [-0.2, 0) is 11.3 Å². The second-order valence-corrected chi connectivity index (χ2v) is 6.34. The SMILES string of the molecule is Cc1ncn(CC(=O)NCCNc2ccc(Nc3cccnc3)nn2)c(=O)c1C. The van der Waals surface area contributed by atoms with Crippen molar-refractivity contribution in [3.05, 3.63) is 64.6 Å². The van der Waals surface area contributed by atoms with E-state index in [1.54, 1.807) is 38.4 Å². The summed E-state index contributed by atoms with van der Waals surface area (Å²) < 4.78 is 1.30. The molecule has 0 aromatic carbocycles. The summed E-state index contributed by atoms with van der Waals surface area (Å²) in [5, 5.41) is 17.1. The summed E-state index contributed by atoms with van der Waals surface area (Å²) in [6, 6.07) is 7.28. The van der Waals surface area contributed by atoms with Gasteiger partial charge in [-0.3, -0.25) is 19.1 Å². The summed E-state index contributed by atoms with van der Waals surface area (Å²) in [7, 11) is 0. The Kier molecular flexibility index (Phi) is 6.46. The van der Waals surface area contributed by atoms with Gasteiger partial charge in [-0.25, -0.2) is 4.98 Å². The predicted molar refractivity (Wildman–Crippen MR) is 109 cm³/mol. The number of carbonyl (C=O) groups is 1. The van der Waals surface area contributed by atoms with E-state index in [0.717, 1.165) is 5.69 Å². The lowest BCUT2D eigenvalue weighted by Crippen LogP contribution is -2.35. The van der Waals surface area contributed by atoms with Gasteiger partial charge in [0, 0.05) is 30.5 Å². The minimum Gasteiger partial charge on any atom is -0.367 e. The first kappa shape index (κ1) is 19.9. The maximum atomic E-state index is 12.1. The van der Waals surface area contributed by atoms with E-state index in [1.165, 1.54) is 10.9 Å². The smallest absolute Gasteiger partial charge is 0.256 e. The molecule has 0 bridgehead atoms. The Bertz CT molecular complexity index is 1020. The van der Waals surface area contributed by atoms with E-state index in [2.05, 4.69) is 36.1 Å². The predicted octanol–water partition coefficient (Wildman–Crippen LogP) is 1.02. The molecule has 3 aromatic rings. The van der Waals surface area contributed by atoms with Gasteiger partial charge in [-0.2, -0.15) is 0 Å². The Morgan fingerprint density at radius 2 is 1.90 bits per heavy atom. The normalized spacial score (nSPS) is 10.4. The molecule has 0 aliphatic carbocycles. The van der Waals surface area contributed by atoms with Gasteiger partial charge in [0.05, 0.1) is 18.2 Å². The lowest BCUT2D eigenvalue weighted by molar-refractivity contribution is -0.121. The zero-order valence-electron chi connectivity index (χ0n) is 16.2. The number of hydrogen-bond donors (Lipinski definition) is 3. The van der Waals surface area contributed by atoms with Gasteiger partial charge < -0.3 is 16.0 Å². The third kappa shape index (κ3) is 5.58. The molecule has 0 saturated carbocycles. The Morgan fingerprint density at radius 3 is 2.62 bits per heavy atom. The Hall–Kier alpha value is -3.82. The number of anilines is 3. The molecule has 0 radical (unpaired) electrons. The van der Waals surface area contributed by atoms with Crippen LogP contribution in [0.15, 0.2) is 47.8 Å². The van der Waals surface area contributed by atoms with Crippen molar-refractivity contribution in [2.24, 2.45) is 0 Å². The van der Waals surface area contributed by atoms with Gasteiger partial charge in [-0.1, -0.05) is 0 Å². The van der Waals surface area contributed by atoms with Crippen LogP contribution in [0.1, 0.15) is 11.3 Å². The number of aryl methyl sites for hydroxylation is 1. The molecule has 3 N–H and O–H groups in total. The fraction of sp³-hybridized carbons (Fsp3) is 0.263. The van der Waals surface area contributed by atoms with Crippen molar-refractivity contribution in [3.8, 4) is 0 Å². The number of hydrogen-bond acceptors (Lipinski definition) is 8. The summed E-state index contributed by atoms with van der Waals surface area (Å²) in [5.74, 6) is 0.927. The minimum absolute atomic E-state index is 0.0680. The molecule has 0 fully saturated rings. The van der Waals surface area contributed by atoms with Crippen LogP contribution in [0, 0.1) is 13.8 Å². The van der Waals surface area contributed by atoms with Crippen molar-refractivity contribution >= 4 is 23.2 Å². The van der Waals surface area contributed by atoms with E-state index in [-0.39, 0.29) is 18.0 Å². The van der Waals surface area contributed by atoms with Crippen LogP contribution >= 0.6 is 0 Å². The molecule has 0 spiro atoms. The molecule has 0 saturated heterocycles. The lowest BCUT2D eigenvalue weighted by Gasteiger charge is -2.10. The molecule has 10 heteroatoms. The third-order valence-electron chi connectivity index (χ3n) is 4.18. The van der Waals surface area contributed by atoms with E-state index in [9.17, 15) is 9.59 Å². The van der Waals surface area contributed by atoms with Gasteiger partial charge in [-0.05, 0) is 38.1 Å². The van der Waals surface area contributed by atoms with E-state index >= 15 is 0 Å². The Balaban J connectivity index is 1.41. The number of aromatic nitrogens is 5. The highest BCUT2D eigenvalue weighted by atomic mass is 16.2. The molecule has 0 aliphatic rings. The first-order valence-electron chi connectivity index (χ1n) is 9.07. The van der Waals surface area contributed by atoms with Crippen molar-refractivity contribution in [1.29, 1.82) is 0 Å². The highest BCUT2D eigenvalue weighted by Crippen LogP contribution is 2.12. The highest BCUT2D eigenvalue weighted by Gasteiger charge is 2.08. The first-order valence-corrected chi connectivity index (χ1v) is 9.07. The number of carbonyl (C=O) groups excluding carboxylic acids is 1. The molecule has 0 atom stereocenters. The Labute approximate surface area is 167 Å². The minimum atomic E-state index is -0.263. The van der Waals surface area contributed by atoms with E-state index < -0.39 is 0 Å². The molecule has 3 heterocycles. The molecule has 1 amide bonds. The fourth-order valence-corrected chi connectivity index (χ4v) is 2.47. The van der Waals surface area contributed by atoms with E-state index in [4.69, 9.17) is 0 Å². The molecule has 29 heavy (non-hydrogen) atoms. The fourth-order valence-electron chi connectivity index (χ4n) is 2.47. The second kappa shape index (κ2) is 9.40. The van der Waals surface area contributed by atoms with Crippen molar-refractivity contribution in [2.45, 2.75) is 20.4 Å². The van der Waals surface area contributed by atoms with Gasteiger partial charge in [-0.15, -0.1) is 10.2 Å². The highest BCUT2D eigenvalue weighted by molar-refractivity contribution is 5.75. The first-order chi connectivity index (χ1) is 14.0. The van der Waals surface area contributed by atoms with Crippen LogP contribution in [0.4, 0.5) is 17.3 Å². The van der Waals surface area contributed by atoms with Gasteiger partial charge >= 0.3 is 0 Å². The standard InChI is InChI=1S/C19H22N8O2/c1-13-14(2)23-12-27(19(13)29)11-18(28)22-9-8-21-16-5-6-17(26-25-16)24-15-4-3-7-20-10-15/h3-7,10,12H,8-9,11H2,1-2H3,(H,21,25)(H,22,28)(H,24,26). The van der Waals surface area contributed by atoms with Crippen LogP contribution < -0.4 is 21.5 Å². The molecule has 10 nitrogen and oxygen atoms in total. The molecule has 0 unspecified atom stereocenters. The van der Waals surface area contributed by atoms with Crippen LogP contribution in [0.3, 0.4) is 0 Å². The van der Waals surface area contributed by atoms with Gasteiger partial charge in [0.15, 0.2) is 5.82 Å². The number of nitrogens with one attached hydrogen (secondary N) is 3. The zero-order chi connectivity index (χ0) is 20.6. The third-order valence-corrected chi connectivity index (χ3v) is 4.18. The number of rotatable bonds is 8. The van der Waals surface area contributed by atoms with Crippen molar-refractivity contribution in [1.82, 2.24) is 30.0 Å². The van der Waals surface area contributed by atoms with E-state index in [1.807, 2.05) is 12.1 Å². The van der Waals surface area contributed by atoms with Crippen molar-refractivity contribution in [3.63, 3.8) is 0 Å². The molecule has 150 valence electrons. The maximum Gasteiger partial charge on any atom is 0.256 e. The summed E-state index contributed by atoms with van der Waals surface area (Å²) in [6.45, 7) is 4.24. The topological polar surface area (TPSA) is 127 Å². The Morgan fingerprint density at radius 1 is 1.10 bits per heavy atom. The number of nitrogens with zero attached hydrogens (tertiary/aromatic N) is 5.